The molecule has 0 unspecified atom stereocenters. The molecule has 8 nitrogen and oxygen atoms in total. The molecule has 10 heteroatoms. The van der Waals surface area contributed by atoms with Gasteiger partial charge in [0, 0.05) is 13.1 Å². The maximum Gasteiger partial charge on any atom is 0.299 e. The summed E-state index contributed by atoms with van der Waals surface area (Å²) in [7, 11) is -5.66. The number of sulfonamides is 1. The smallest absolute Gasteiger partial charge is 0.299 e. The molecule has 2 N–H and O–H groups in total. The zero-order valence-corrected chi connectivity index (χ0v) is 14.0. The lowest BCUT2D eigenvalue weighted by molar-refractivity contribution is 0.417. The molecule has 22 heavy (non-hydrogen) atoms. The summed E-state index contributed by atoms with van der Waals surface area (Å²) < 4.78 is 58.6. The molecule has 124 valence electrons. The molecule has 2 rings (SSSR count). The first-order chi connectivity index (χ1) is 10.3. The molecule has 0 spiro atoms. The van der Waals surface area contributed by atoms with Gasteiger partial charge in [-0.3, -0.25) is 9.03 Å². The summed E-state index contributed by atoms with van der Waals surface area (Å²) in [5.74, 6) is 0.402. The summed E-state index contributed by atoms with van der Waals surface area (Å²) >= 11 is 0. The molecular formula is C12H19N3O5S2. The predicted molar refractivity (Wildman–Crippen MR) is 85.0 cm³/mol. The van der Waals surface area contributed by atoms with E-state index in [9.17, 15) is 16.8 Å². The maximum atomic E-state index is 12.0. The van der Waals surface area contributed by atoms with Crippen molar-refractivity contribution >= 4 is 31.6 Å². The van der Waals surface area contributed by atoms with Gasteiger partial charge in [-0.1, -0.05) is 6.92 Å². The van der Waals surface area contributed by atoms with E-state index in [1.54, 1.807) is 13.0 Å². The van der Waals surface area contributed by atoms with Gasteiger partial charge in [0.15, 0.2) is 0 Å². The van der Waals surface area contributed by atoms with Crippen LogP contribution in [0.15, 0.2) is 18.2 Å². The van der Waals surface area contributed by atoms with Crippen molar-refractivity contribution in [1.82, 2.24) is 4.72 Å². The number of hydrogen-bond donors (Lipinski definition) is 2. The van der Waals surface area contributed by atoms with Gasteiger partial charge in [-0.25, -0.2) is 8.42 Å². The third-order valence-corrected chi connectivity index (χ3v) is 6.18. The minimum atomic E-state index is -3.73. The lowest BCUT2D eigenvalue weighted by atomic mass is 10.2. The minimum Gasteiger partial charge on any atom is -0.495 e. The van der Waals surface area contributed by atoms with Crippen molar-refractivity contribution in [1.29, 1.82) is 0 Å². The second-order valence-corrected chi connectivity index (χ2v) is 8.24. The Labute approximate surface area is 130 Å². The van der Waals surface area contributed by atoms with Gasteiger partial charge >= 0.3 is 0 Å². The van der Waals surface area contributed by atoms with E-state index < -0.39 is 20.2 Å². The van der Waals surface area contributed by atoms with Gasteiger partial charge in [0.05, 0.1) is 24.2 Å². The number of benzene rings is 1. The summed E-state index contributed by atoms with van der Waals surface area (Å²) in [6, 6.07) is 4.58. The first kappa shape index (κ1) is 16.8. The number of nitrogens with one attached hydrogen (secondary N) is 2. The molecule has 1 saturated heterocycles. The molecule has 1 aromatic rings. The average molecular weight is 349 g/mol. The first-order valence-corrected chi connectivity index (χ1v) is 9.84. The van der Waals surface area contributed by atoms with E-state index in [2.05, 4.69) is 9.44 Å². The Morgan fingerprint density at radius 3 is 2.64 bits per heavy atom. The highest BCUT2D eigenvalue weighted by atomic mass is 32.2. The Kier molecular flexibility index (Phi) is 4.83. The molecule has 1 aliphatic heterocycles. The van der Waals surface area contributed by atoms with Crippen LogP contribution in [-0.4, -0.2) is 42.8 Å². The van der Waals surface area contributed by atoms with Crippen molar-refractivity contribution in [3.05, 3.63) is 18.2 Å². The van der Waals surface area contributed by atoms with E-state index in [-0.39, 0.29) is 18.0 Å². The highest BCUT2D eigenvalue weighted by Crippen LogP contribution is 2.33. The normalized spacial score (nSPS) is 17.5. The zero-order chi connectivity index (χ0) is 16.4. The van der Waals surface area contributed by atoms with Crippen molar-refractivity contribution in [3.8, 4) is 5.75 Å². The van der Waals surface area contributed by atoms with E-state index in [0.717, 1.165) is 0 Å². The number of rotatable bonds is 6. The largest absolute Gasteiger partial charge is 0.495 e. The van der Waals surface area contributed by atoms with Crippen LogP contribution in [0.4, 0.5) is 11.4 Å². The maximum absolute atomic E-state index is 12.0. The van der Waals surface area contributed by atoms with Crippen LogP contribution < -0.4 is 18.5 Å². The van der Waals surface area contributed by atoms with Crippen LogP contribution in [-0.2, 0) is 20.2 Å². The quantitative estimate of drug-likeness (QED) is 0.778. The third-order valence-electron chi connectivity index (χ3n) is 3.15. The Bertz CT molecular complexity index is 746. The Hall–Kier alpha value is -1.52. The van der Waals surface area contributed by atoms with Crippen molar-refractivity contribution in [3.63, 3.8) is 0 Å². The van der Waals surface area contributed by atoms with E-state index in [0.29, 0.717) is 24.4 Å². The molecule has 0 atom stereocenters. The Morgan fingerprint density at radius 1 is 1.36 bits per heavy atom. The zero-order valence-electron chi connectivity index (χ0n) is 12.4. The summed E-state index contributed by atoms with van der Waals surface area (Å²) in [6.45, 7) is 2.27. The van der Waals surface area contributed by atoms with Crippen LogP contribution in [0.1, 0.15) is 13.3 Å². The average Bonchev–Trinajstić information content (AvgIpc) is 2.77. The lowest BCUT2D eigenvalue weighted by Gasteiger charge is -2.19. The van der Waals surface area contributed by atoms with E-state index in [1.165, 1.54) is 23.5 Å². The molecule has 1 heterocycles. The molecule has 0 amide bonds. The Morgan fingerprint density at radius 2 is 2.09 bits per heavy atom. The second kappa shape index (κ2) is 6.31. The number of nitrogens with zero attached hydrogens (tertiary/aromatic N) is 1. The standard InChI is InChI=1S/C12H19N3O5S2/c1-3-13-22(18,19)14-11-9-10(5-6-12(11)20-2)15-7-4-8-21(15,16)17/h5-6,9,13-14H,3-4,7-8H2,1-2H3. The van der Waals surface area contributed by atoms with Crippen LogP contribution in [0.2, 0.25) is 0 Å². The summed E-state index contributed by atoms with van der Waals surface area (Å²) in [6.07, 6.45) is 0.548. The SMILES string of the molecule is CCNS(=O)(=O)Nc1cc(N2CCCS2(=O)=O)ccc1OC. The first-order valence-electron chi connectivity index (χ1n) is 6.75. The molecular weight excluding hydrogens is 330 g/mol. The third kappa shape index (κ3) is 3.62. The summed E-state index contributed by atoms with van der Waals surface area (Å²) in [5.41, 5.74) is 0.593. The second-order valence-electron chi connectivity index (χ2n) is 4.73. The summed E-state index contributed by atoms with van der Waals surface area (Å²) in [5, 5.41) is 0. The fourth-order valence-corrected chi connectivity index (χ4v) is 4.69. The van der Waals surface area contributed by atoms with Gasteiger partial charge in [-0.2, -0.15) is 13.1 Å². The number of methoxy groups -OCH3 is 1. The van der Waals surface area contributed by atoms with Gasteiger partial charge in [0.25, 0.3) is 10.2 Å². The van der Waals surface area contributed by atoms with Crippen LogP contribution in [0.5, 0.6) is 5.75 Å². The monoisotopic (exact) mass is 349 g/mol. The fourth-order valence-electron chi connectivity index (χ4n) is 2.23. The van der Waals surface area contributed by atoms with Gasteiger partial charge in [0.1, 0.15) is 5.75 Å². The molecule has 1 aliphatic rings. The van der Waals surface area contributed by atoms with Gasteiger partial charge in [-0.15, -0.1) is 0 Å². The van der Waals surface area contributed by atoms with Crippen molar-refractivity contribution in [2.45, 2.75) is 13.3 Å². The predicted octanol–water partition coefficient (Wildman–Crippen LogP) is 0.501. The molecule has 1 fully saturated rings. The number of anilines is 2. The van der Waals surface area contributed by atoms with Gasteiger partial charge in [0.2, 0.25) is 10.0 Å². The topological polar surface area (TPSA) is 105 Å². The van der Waals surface area contributed by atoms with Crippen molar-refractivity contribution in [2.75, 3.05) is 35.0 Å². The van der Waals surface area contributed by atoms with Crippen molar-refractivity contribution in [2.24, 2.45) is 0 Å². The fraction of sp³-hybridized carbons (Fsp3) is 0.500. The minimum absolute atomic E-state index is 0.0947. The van der Waals surface area contributed by atoms with E-state index >= 15 is 0 Å². The van der Waals surface area contributed by atoms with Crippen LogP contribution in [0.3, 0.4) is 0 Å². The van der Waals surface area contributed by atoms with Crippen LogP contribution in [0, 0.1) is 0 Å². The molecule has 1 aromatic carbocycles. The van der Waals surface area contributed by atoms with Crippen molar-refractivity contribution < 1.29 is 21.6 Å². The highest BCUT2D eigenvalue weighted by Gasteiger charge is 2.29. The number of ether oxygens (including phenoxy) is 1. The van der Waals surface area contributed by atoms with Crippen LogP contribution >= 0.6 is 0 Å². The lowest BCUT2D eigenvalue weighted by Crippen LogP contribution is -2.30. The van der Waals surface area contributed by atoms with E-state index in [1.807, 2.05) is 0 Å². The molecule has 0 saturated carbocycles. The molecule has 0 bridgehead atoms. The summed E-state index contributed by atoms with van der Waals surface area (Å²) in [4.78, 5) is 0. The molecule has 0 radical (unpaired) electrons. The van der Waals surface area contributed by atoms with Gasteiger partial charge < -0.3 is 4.74 Å². The highest BCUT2D eigenvalue weighted by molar-refractivity contribution is 7.93. The van der Waals surface area contributed by atoms with Gasteiger partial charge in [-0.05, 0) is 24.6 Å². The molecule has 0 aliphatic carbocycles. The number of hydrogen-bond acceptors (Lipinski definition) is 5. The Balaban J connectivity index is 2.39. The van der Waals surface area contributed by atoms with E-state index in [4.69, 9.17) is 4.74 Å². The molecule has 0 aromatic heterocycles. The van der Waals surface area contributed by atoms with Crippen LogP contribution in [0.25, 0.3) is 0 Å².